The molecule has 1 nitrogen and oxygen atoms in total. The van der Waals surface area contributed by atoms with Crippen LogP contribution in [0.2, 0.25) is 5.02 Å². The van der Waals surface area contributed by atoms with Crippen LogP contribution in [0.5, 0.6) is 0 Å². The van der Waals surface area contributed by atoms with Gasteiger partial charge in [-0.25, -0.2) is 4.39 Å². The van der Waals surface area contributed by atoms with Crippen molar-refractivity contribution in [3.8, 4) is 0 Å². The Morgan fingerprint density at radius 1 is 1.38 bits per heavy atom. The minimum Gasteiger partial charge on any atom is -0.385 e. The SMILES string of the molecule is CCC(C)(C)C1CCC(O)(c2ccc(Br)c(Cl)c2F)CC1. The summed E-state index contributed by atoms with van der Waals surface area (Å²) in [7, 11) is 0. The maximum absolute atomic E-state index is 14.4. The van der Waals surface area contributed by atoms with Gasteiger partial charge in [-0.1, -0.05) is 44.9 Å². The molecule has 1 aromatic rings. The first kappa shape index (κ1) is 17.2. The summed E-state index contributed by atoms with van der Waals surface area (Å²) in [5.41, 5.74) is -0.477. The van der Waals surface area contributed by atoms with E-state index in [1.807, 2.05) is 0 Å². The molecular weight excluding hydrogens is 355 g/mol. The predicted molar refractivity (Wildman–Crippen MR) is 89.0 cm³/mol. The Morgan fingerprint density at radius 3 is 2.48 bits per heavy atom. The van der Waals surface area contributed by atoms with E-state index in [0.29, 0.717) is 28.8 Å². The van der Waals surface area contributed by atoms with Crippen LogP contribution in [0.4, 0.5) is 4.39 Å². The van der Waals surface area contributed by atoms with Crippen molar-refractivity contribution < 1.29 is 9.50 Å². The molecule has 1 fully saturated rings. The van der Waals surface area contributed by atoms with Gasteiger partial charge in [-0.15, -0.1) is 0 Å². The molecular formula is C17H23BrClFO. The Hall–Kier alpha value is -0.120. The van der Waals surface area contributed by atoms with Crippen molar-refractivity contribution in [1.82, 2.24) is 0 Å². The van der Waals surface area contributed by atoms with Crippen molar-refractivity contribution in [2.75, 3.05) is 0 Å². The Kier molecular flexibility index (Phi) is 5.07. The molecule has 1 N–H and O–H groups in total. The minimum absolute atomic E-state index is 0.0527. The van der Waals surface area contributed by atoms with Crippen LogP contribution < -0.4 is 0 Å². The first-order valence-electron chi connectivity index (χ1n) is 7.57. The van der Waals surface area contributed by atoms with Crippen LogP contribution in [0.3, 0.4) is 0 Å². The Labute approximate surface area is 140 Å². The topological polar surface area (TPSA) is 20.2 Å². The van der Waals surface area contributed by atoms with Crippen molar-refractivity contribution in [3.63, 3.8) is 0 Å². The molecule has 4 heteroatoms. The second-order valence-electron chi connectivity index (χ2n) is 6.87. The highest BCUT2D eigenvalue weighted by Crippen LogP contribution is 2.48. The highest BCUT2D eigenvalue weighted by atomic mass is 79.9. The van der Waals surface area contributed by atoms with E-state index >= 15 is 0 Å². The van der Waals surface area contributed by atoms with Gasteiger partial charge in [-0.05, 0) is 59.0 Å². The van der Waals surface area contributed by atoms with E-state index in [2.05, 4.69) is 36.7 Å². The maximum atomic E-state index is 14.4. The van der Waals surface area contributed by atoms with Gasteiger partial charge in [0, 0.05) is 10.0 Å². The van der Waals surface area contributed by atoms with Crippen LogP contribution in [0.25, 0.3) is 0 Å². The Morgan fingerprint density at radius 2 is 1.95 bits per heavy atom. The lowest BCUT2D eigenvalue weighted by atomic mass is 9.65. The van der Waals surface area contributed by atoms with Crippen LogP contribution in [0.15, 0.2) is 16.6 Å². The molecule has 0 unspecified atom stereocenters. The highest BCUT2D eigenvalue weighted by molar-refractivity contribution is 9.10. The molecule has 1 aliphatic carbocycles. The fourth-order valence-corrected chi connectivity index (χ4v) is 3.79. The minimum atomic E-state index is -1.09. The van der Waals surface area contributed by atoms with Crippen molar-refractivity contribution >= 4 is 27.5 Å². The molecule has 2 rings (SSSR count). The summed E-state index contributed by atoms with van der Waals surface area (Å²) in [4.78, 5) is 0. The lowest BCUT2D eigenvalue weighted by Gasteiger charge is -2.43. The summed E-state index contributed by atoms with van der Waals surface area (Å²) >= 11 is 9.17. The number of halogens is 3. The molecule has 1 aliphatic rings. The summed E-state index contributed by atoms with van der Waals surface area (Å²) in [6.45, 7) is 6.76. The summed E-state index contributed by atoms with van der Waals surface area (Å²) in [6.07, 6.45) is 4.15. The van der Waals surface area contributed by atoms with Crippen molar-refractivity contribution in [2.45, 2.75) is 58.5 Å². The van der Waals surface area contributed by atoms with Gasteiger partial charge in [0.2, 0.25) is 0 Å². The van der Waals surface area contributed by atoms with Crippen molar-refractivity contribution in [3.05, 3.63) is 33.0 Å². The summed E-state index contributed by atoms with van der Waals surface area (Å²) in [6, 6.07) is 3.36. The Balaban J connectivity index is 2.22. The van der Waals surface area contributed by atoms with E-state index in [1.165, 1.54) is 0 Å². The molecule has 0 spiro atoms. The van der Waals surface area contributed by atoms with Crippen LogP contribution in [0, 0.1) is 17.2 Å². The highest BCUT2D eigenvalue weighted by Gasteiger charge is 2.41. The first-order chi connectivity index (χ1) is 9.71. The number of hydrogen-bond donors (Lipinski definition) is 1. The predicted octanol–water partition coefficient (Wildman–Crippen LogP) is 6.06. The number of aliphatic hydroxyl groups is 1. The molecule has 0 atom stereocenters. The molecule has 0 amide bonds. The fraction of sp³-hybridized carbons (Fsp3) is 0.647. The lowest BCUT2D eigenvalue weighted by Crippen LogP contribution is -2.36. The molecule has 0 aliphatic heterocycles. The van der Waals surface area contributed by atoms with Crippen LogP contribution in [0.1, 0.15) is 58.4 Å². The zero-order valence-corrected chi connectivity index (χ0v) is 15.2. The van der Waals surface area contributed by atoms with Gasteiger partial charge < -0.3 is 5.11 Å². The van der Waals surface area contributed by atoms with E-state index in [-0.39, 0.29) is 10.4 Å². The normalized spacial score (nSPS) is 26.9. The molecule has 118 valence electrons. The molecule has 1 aromatic carbocycles. The molecule has 0 heterocycles. The van der Waals surface area contributed by atoms with Crippen molar-refractivity contribution in [1.29, 1.82) is 0 Å². The first-order valence-corrected chi connectivity index (χ1v) is 8.75. The average molecular weight is 378 g/mol. The summed E-state index contributed by atoms with van der Waals surface area (Å²) in [5.74, 6) is 0.0819. The van der Waals surface area contributed by atoms with Gasteiger partial charge in [0.25, 0.3) is 0 Å². The molecule has 1 saturated carbocycles. The lowest BCUT2D eigenvalue weighted by molar-refractivity contribution is -0.0352. The summed E-state index contributed by atoms with van der Waals surface area (Å²) < 4.78 is 14.9. The van der Waals surface area contributed by atoms with E-state index in [0.717, 1.165) is 19.3 Å². The molecule has 0 saturated heterocycles. The number of benzene rings is 1. The maximum Gasteiger partial charge on any atom is 0.149 e. The molecule has 21 heavy (non-hydrogen) atoms. The van der Waals surface area contributed by atoms with E-state index in [1.54, 1.807) is 12.1 Å². The van der Waals surface area contributed by atoms with Crippen molar-refractivity contribution in [2.24, 2.45) is 11.3 Å². The average Bonchev–Trinajstić information content (AvgIpc) is 2.45. The van der Waals surface area contributed by atoms with Gasteiger partial charge in [0.15, 0.2) is 0 Å². The third kappa shape index (κ3) is 3.30. The third-order valence-electron chi connectivity index (χ3n) is 5.37. The largest absolute Gasteiger partial charge is 0.385 e. The Bertz CT molecular complexity index is 522. The second-order valence-corrected chi connectivity index (χ2v) is 8.10. The van der Waals surface area contributed by atoms with Gasteiger partial charge in [-0.3, -0.25) is 0 Å². The van der Waals surface area contributed by atoms with E-state index in [9.17, 15) is 9.50 Å². The van der Waals surface area contributed by atoms with Gasteiger partial charge in [0.1, 0.15) is 5.82 Å². The summed E-state index contributed by atoms with van der Waals surface area (Å²) in [5, 5.41) is 10.9. The monoisotopic (exact) mass is 376 g/mol. The molecule has 0 radical (unpaired) electrons. The van der Waals surface area contributed by atoms with Crippen LogP contribution in [-0.4, -0.2) is 5.11 Å². The number of rotatable bonds is 3. The standard InChI is InChI=1S/C17H23BrClFO/c1-4-16(2,3)11-7-9-17(21,10-8-11)12-5-6-13(18)14(19)15(12)20/h5-6,11,21H,4,7-10H2,1-3H3. The zero-order chi connectivity index (χ0) is 15.8. The van der Waals surface area contributed by atoms with Crippen LogP contribution in [-0.2, 0) is 5.60 Å². The van der Waals surface area contributed by atoms with Gasteiger partial charge in [-0.2, -0.15) is 0 Å². The van der Waals surface area contributed by atoms with Gasteiger partial charge >= 0.3 is 0 Å². The molecule has 0 aromatic heterocycles. The third-order valence-corrected chi connectivity index (χ3v) is 6.62. The van der Waals surface area contributed by atoms with E-state index < -0.39 is 11.4 Å². The fourth-order valence-electron chi connectivity index (χ4n) is 3.32. The quantitative estimate of drug-likeness (QED) is 0.635. The zero-order valence-electron chi connectivity index (χ0n) is 12.8. The number of hydrogen-bond acceptors (Lipinski definition) is 1. The van der Waals surface area contributed by atoms with Gasteiger partial charge in [0.05, 0.1) is 10.6 Å². The second kappa shape index (κ2) is 6.17. The molecule has 0 bridgehead atoms. The van der Waals surface area contributed by atoms with Crippen LogP contribution >= 0.6 is 27.5 Å². The van der Waals surface area contributed by atoms with E-state index in [4.69, 9.17) is 11.6 Å². The smallest absolute Gasteiger partial charge is 0.149 e.